The van der Waals surface area contributed by atoms with Crippen LogP contribution >= 0.6 is 0 Å². The highest BCUT2D eigenvalue weighted by molar-refractivity contribution is 5.79. The molecule has 2 N–H and O–H groups in total. The molecule has 3 heteroatoms. The fourth-order valence-corrected chi connectivity index (χ4v) is 7.26. The minimum absolute atomic E-state index is 0.0527. The summed E-state index contributed by atoms with van der Waals surface area (Å²) in [4.78, 5) is 11.9. The van der Waals surface area contributed by atoms with Crippen molar-refractivity contribution in [3.8, 4) is 0 Å². The highest BCUT2D eigenvalue weighted by Crippen LogP contribution is 2.67. The zero-order valence-electron chi connectivity index (χ0n) is 14.8. The molecule has 130 valence electrons. The van der Waals surface area contributed by atoms with Crippen molar-refractivity contribution >= 4 is 5.78 Å². The van der Waals surface area contributed by atoms with E-state index < -0.39 is 5.60 Å². The molecule has 0 spiro atoms. The molecule has 0 aromatic heterocycles. The van der Waals surface area contributed by atoms with Crippen LogP contribution in [0.3, 0.4) is 0 Å². The van der Waals surface area contributed by atoms with E-state index in [-0.39, 0.29) is 16.9 Å². The summed E-state index contributed by atoms with van der Waals surface area (Å²) in [6, 6.07) is 0. The average molecular weight is 320 g/mol. The fraction of sp³-hybridized carbons (Fsp3) is 0.950. The van der Waals surface area contributed by atoms with Gasteiger partial charge in [-0.2, -0.15) is 0 Å². The topological polar surface area (TPSA) is 57.5 Å². The number of hydrogen-bond acceptors (Lipinski definition) is 3. The van der Waals surface area contributed by atoms with Gasteiger partial charge in [0.25, 0.3) is 0 Å². The summed E-state index contributed by atoms with van der Waals surface area (Å²) in [5.41, 5.74) is -0.431. The lowest BCUT2D eigenvalue weighted by Gasteiger charge is -2.62. The Morgan fingerprint density at radius 2 is 1.74 bits per heavy atom. The Morgan fingerprint density at radius 3 is 2.48 bits per heavy atom. The number of aliphatic hydroxyl groups excluding tert-OH is 1. The van der Waals surface area contributed by atoms with E-state index in [0.29, 0.717) is 35.9 Å². The van der Waals surface area contributed by atoms with E-state index in [1.807, 2.05) is 6.92 Å². The van der Waals surface area contributed by atoms with Crippen molar-refractivity contribution in [2.24, 2.45) is 34.5 Å². The predicted molar refractivity (Wildman–Crippen MR) is 88.7 cm³/mol. The van der Waals surface area contributed by atoms with Crippen LogP contribution in [0.4, 0.5) is 0 Å². The molecule has 0 unspecified atom stereocenters. The number of carbonyl (C=O) groups is 1. The number of fused-ring (bicyclic) bond motifs is 5. The standard InChI is InChI=1S/C20H32O3/c1-18-7-4-13(21)10-12(18)11-16(22)17-14(18)5-8-19(2)15(17)6-9-20(19,3)23/h12,14-17,22-23H,4-11H2,1-3H3/t12-,14+,15+,16+,17-,18+,19+,20+/m1/s1. The molecule has 0 aromatic carbocycles. The number of hydrogen-bond donors (Lipinski definition) is 2. The second-order valence-corrected chi connectivity index (χ2v) is 9.81. The lowest BCUT2D eigenvalue weighted by atomic mass is 9.44. The molecule has 4 fully saturated rings. The van der Waals surface area contributed by atoms with Crippen LogP contribution in [0.15, 0.2) is 0 Å². The van der Waals surface area contributed by atoms with Gasteiger partial charge < -0.3 is 10.2 Å². The quantitative estimate of drug-likeness (QED) is 0.720. The number of carbonyl (C=O) groups excluding carboxylic acids is 1. The van der Waals surface area contributed by atoms with Crippen molar-refractivity contribution in [2.75, 3.05) is 0 Å². The van der Waals surface area contributed by atoms with Crippen molar-refractivity contribution in [2.45, 2.75) is 83.8 Å². The molecule has 0 amide bonds. The summed E-state index contributed by atoms with van der Waals surface area (Å²) in [6.45, 7) is 6.65. The molecular formula is C20H32O3. The third-order valence-corrected chi connectivity index (χ3v) is 9.06. The van der Waals surface area contributed by atoms with Gasteiger partial charge in [-0.15, -0.1) is 0 Å². The maximum absolute atomic E-state index is 11.9. The van der Waals surface area contributed by atoms with Crippen LogP contribution in [0.25, 0.3) is 0 Å². The van der Waals surface area contributed by atoms with Gasteiger partial charge in [0.05, 0.1) is 11.7 Å². The van der Waals surface area contributed by atoms with E-state index in [0.717, 1.165) is 44.9 Å². The first-order chi connectivity index (χ1) is 10.7. The molecule has 4 aliphatic rings. The monoisotopic (exact) mass is 320 g/mol. The largest absolute Gasteiger partial charge is 0.393 e. The lowest BCUT2D eigenvalue weighted by Crippen LogP contribution is -2.59. The predicted octanol–water partition coefficient (Wildman–Crippen LogP) is 3.32. The molecule has 3 nitrogen and oxygen atoms in total. The Bertz CT molecular complexity index is 527. The van der Waals surface area contributed by atoms with Crippen molar-refractivity contribution < 1.29 is 15.0 Å². The minimum Gasteiger partial charge on any atom is -0.393 e. The lowest BCUT2D eigenvalue weighted by molar-refractivity contribution is -0.183. The fourth-order valence-electron chi connectivity index (χ4n) is 7.26. The first-order valence-electron chi connectivity index (χ1n) is 9.61. The van der Waals surface area contributed by atoms with Gasteiger partial charge in [0.2, 0.25) is 0 Å². The summed E-state index contributed by atoms with van der Waals surface area (Å²) >= 11 is 0. The van der Waals surface area contributed by atoms with Crippen LogP contribution in [0, 0.1) is 34.5 Å². The number of Topliss-reactive ketones (excluding diaryl/α,β-unsaturated/α-hetero) is 1. The molecule has 4 aliphatic carbocycles. The second kappa shape index (κ2) is 4.82. The molecule has 0 radical (unpaired) electrons. The molecule has 4 rings (SSSR count). The van der Waals surface area contributed by atoms with E-state index in [1.165, 1.54) is 0 Å². The summed E-state index contributed by atoms with van der Waals surface area (Å²) < 4.78 is 0. The Hall–Kier alpha value is -0.410. The molecule has 0 aromatic rings. The SMILES string of the molecule is C[C@]12CCC(=O)C[C@@H]1C[C@H](O)[C@@H]1[C@@H]2CC[C@@]2(C)[C@H]1CC[C@]2(C)O. The Morgan fingerprint density at radius 1 is 1.04 bits per heavy atom. The number of rotatable bonds is 0. The van der Waals surface area contributed by atoms with Gasteiger partial charge in [-0.3, -0.25) is 4.79 Å². The first-order valence-corrected chi connectivity index (χ1v) is 9.61. The Balaban J connectivity index is 1.70. The molecule has 8 atom stereocenters. The van der Waals surface area contributed by atoms with Crippen LogP contribution < -0.4 is 0 Å². The minimum atomic E-state index is -0.595. The van der Waals surface area contributed by atoms with Gasteiger partial charge in [0, 0.05) is 12.8 Å². The van der Waals surface area contributed by atoms with Gasteiger partial charge in [-0.1, -0.05) is 13.8 Å². The second-order valence-electron chi connectivity index (χ2n) is 9.81. The molecule has 0 bridgehead atoms. The third-order valence-electron chi connectivity index (χ3n) is 9.06. The van der Waals surface area contributed by atoms with Crippen LogP contribution in [-0.2, 0) is 4.79 Å². The molecule has 23 heavy (non-hydrogen) atoms. The third kappa shape index (κ3) is 1.99. The Kier molecular flexibility index (Phi) is 3.37. The highest BCUT2D eigenvalue weighted by atomic mass is 16.3. The van der Waals surface area contributed by atoms with Crippen LogP contribution in [0.5, 0.6) is 0 Å². The number of ketones is 1. The molecule has 4 saturated carbocycles. The summed E-state index contributed by atoms with van der Waals surface area (Å²) in [7, 11) is 0. The highest BCUT2D eigenvalue weighted by Gasteiger charge is 2.65. The van der Waals surface area contributed by atoms with E-state index >= 15 is 0 Å². The van der Waals surface area contributed by atoms with Gasteiger partial charge >= 0.3 is 0 Å². The molecule has 0 heterocycles. The Labute approximate surface area is 139 Å². The van der Waals surface area contributed by atoms with E-state index in [4.69, 9.17) is 0 Å². The summed E-state index contributed by atoms with van der Waals surface area (Å²) in [6.07, 6.45) is 6.98. The van der Waals surface area contributed by atoms with Gasteiger partial charge in [-0.25, -0.2) is 0 Å². The normalized spacial score (nSPS) is 59.2. The van der Waals surface area contributed by atoms with E-state index in [2.05, 4.69) is 13.8 Å². The van der Waals surface area contributed by atoms with Crippen LogP contribution in [-0.4, -0.2) is 27.7 Å². The van der Waals surface area contributed by atoms with Gasteiger partial charge in [-0.05, 0) is 80.0 Å². The smallest absolute Gasteiger partial charge is 0.133 e. The first kappa shape index (κ1) is 16.1. The van der Waals surface area contributed by atoms with Gasteiger partial charge in [0.1, 0.15) is 5.78 Å². The molecule has 0 aliphatic heterocycles. The van der Waals surface area contributed by atoms with E-state index in [1.54, 1.807) is 0 Å². The summed E-state index contributed by atoms with van der Waals surface area (Å²) in [5, 5.41) is 21.9. The zero-order valence-corrected chi connectivity index (χ0v) is 14.8. The maximum Gasteiger partial charge on any atom is 0.133 e. The van der Waals surface area contributed by atoms with Gasteiger partial charge in [0.15, 0.2) is 0 Å². The zero-order chi connectivity index (χ0) is 16.6. The molecule has 0 saturated heterocycles. The van der Waals surface area contributed by atoms with Crippen LogP contribution in [0.1, 0.15) is 72.1 Å². The number of aliphatic hydroxyl groups is 2. The summed E-state index contributed by atoms with van der Waals surface area (Å²) in [5.74, 6) is 2.03. The maximum atomic E-state index is 11.9. The van der Waals surface area contributed by atoms with Crippen molar-refractivity contribution in [1.82, 2.24) is 0 Å². The van der Waals surface area contributed by atoms with Crippen LogP contribution in [0.2, 0.25) is 0 Å². The van der Waals surface area contributed by atoms with Crippen molar-refractivity contribution in [1.29, 1.82) is 0 Å². The molecular weight excluding hydrogens is 288 g/mol. The van der Waals surface area contributed by atoms with Crippen molar-refractivity contribution in [3.63, 3.8) is 0 Å². The van der Waals surface area contributed by atoms with E-state index in [9.17, 15) is 15.0 Å². The average Bonchev–Trinajstić information content (AvgIpc) is 2.72. The van der Waals surface area contributed by atoms with Crippen molar-refractivity contribution in [3.05, 3.63) is 0 Å².